The highest BCUT2D eigenvalue weighted by molar-refractivity contribution is 5.68. The van der Waals surface area contributed by atoms with Gasteiger partial charge in [0.1, 0.15) is 5.75 Å². The molecule has 18 heavy (non-hydrogen) atoms. The van der Waals surface area contributed by atoms with Gasteiger partial charge in [-0.2, -0.15) is 13.2 Å². The monoisotopic (exact) mass is 262 g/mol. The van der Waals surface area contributed by atoms with E-state index in [0.29, 0.717) is 5.56 Å². The van der Waals surface area contributed by atoms with Crippen molar-refractivity contribution in [3.63, 3.8) is 0 Å². The molecule has 0 radical (unpaired) electrons. The fraction of sp³-hybridized carbons (Fsp3) is 0.417. The van der Waals surface area contributed by atoms with Crippen LogP contribution in [0.2, 0.25) is 0 Å². The van der Waals surface area contributed by atoms with Crippen LogP contribution in [0.15, 0.2) is 18.2 Å². The Morgan fingerprint density at radius 3 is 2.50 bits per heavy atom. The number of hydrogen-bond donors (Lipinski definition) is 1. The number of aliphatic carboxylic acids is 1. The molecule has 1 aromatic rings. The minimum Gasteiger partial charge on any atom is -0.496 e. The van der Waals surface area contributed by atoms with Gasteiger partial charge in [-0.3, -0.25) is 4.79 Å². The van der Waals surface area contributed by atoms with Crippen LogP contribution in [0.25, 0.3) is 0 Å². The van der Waals surface area contributed by atoms with Crippen molar-refractivity contribution in [3.8, 4) is 5.75 Å². The second-order valence-corrected chi connectivity index (χ2v) is 3.96. The summed E-state index contributed by atoms with van der Waals surface area (Å²) in [5.74, 6) is -1.67. The van der Waals surface area contributed by atoms with E-state index in [0.717, 1.165) is 13.2 Å². The zero-order chi connectivity index (χ0) is 13.9. The van der Waals surface area contributed by atoms with E-state index in [1.807, 2.05) is 0 Å². The maximum absolute atomic E-state index is 12.6. The molecular formula is C12H13F3O3. The molecule has 0 fully saturated rings. The largest absolute Gasteiger partial charge is 0.496 e. The summed E-state index contributed by atoms with van der Waals surface area (Å²) in [7, 11) is 1.15. The molecule has 0 amide bonds. The molecule has 0 aliphatic rings. The number of ether oxygens (including phenoxy) is 1. The van der Waals surface area contributed by atoms with E-state index >= 15 is 0 Å². The maximum atomic E-state index is 12.6. The highest BCUT2D eigenvalue weighted by atomic mass is 19.4. The lowest BCUT2D eigenvalue weighted by molar-refractivity contribution is -0.139. The summed E-state index contributed by atoms with van der Waals surface area (Å²) in [5.41, 5.74) is -0.362. The lowest BCUT2D eigenvalue weighted by Gasteiger charge is -2.15. The Balaban J connectivity index is 3.09. The first-order valence-electron chi connectivity index (χ1n) is 5.22. The molecule has 0 aromatic heterocycles. The van der Waals surface area contributed by atoms with Gasteiger partial charge in [0.15, 0.2) is 0 Å². The second kappa shape index (κ2) is 5.29. The van der Waals surface area contributed by atoms with Crippen LogP contribution < -0.4 is 4.74 Å². The Bertz CT molecular complexity index is 441. The van der Waals surface area contributed by atoms with Crippen LogP contribution in [0, 0.1) is 0 Å². The number of carboxylic acid groups (broad SMARTS) is 1. The average molecular weight is 262 g/mol. The highest BCUT2D eigenvalue weighted by Gasteiger charge is 2.34. The van der Waals surface area contributed by atoms with Gasteiger partial charge in [0.25, 0.3) is 0 Å². The molecule has 0 aliphatic carbocycles. The summed E-state index contributed by atoms with van der Waals surface area (Å²) in [6.45, 7) is 1.64. The second-order valence-electron chi connectivity index (χ2n) is 3.96. The van der Waals surface area contributed by atoms with Crippen molar-refractivity contribution in [1.29, 1.82) is 0 Å². The molecule has 3 nitrogen and oxygen atoms in total. The van der Waals surface area contributed by atoms with Gasteiger partial charge in [-0.25, -0.2) is 0 Å². The molecule has 1 N–H and O–H groups in total. The number of halogens is 3. The van der Waals surface area contributed by atoms with Gasteiger partial charge in [-0.1, -0.05) is 13.0 Å². The molecule has 1 atom stereocenters. The van der Waals surface area contributed by atoms with Crippen LogP contribution in [0.5, 0.6) is 5.75 Å². The number of carboxylic acids is 1. The average Bonchev–Trinajstić information content (AvgIpc) is 2.26. The van der Waals surface area contributed by atoms with Crippen molar-refractivity contribution in [2.24, 2.45) is 0 Å². The third-order valence-corrected chi connectivity index (χ3v) is 2.58. The Morgan fingerprint density at radius 2 is 2.06 bits per heavy atom. The van der Waals surface area contributed by atoms with Crippen molar-refractivity contribution >= 4 is 5.97 Å². The Labute approximate surface area is 102 Å². The SMILES string of the molecule is COc1cc(C(C)CC(=O)O)ccc1C(F)(F)F. The molecule has 100 valence electrons. The van der Waals surface area contributed by atoms with E-state index in [4.69, 9.17) is 9.84 Å². The van der Waals surface area contributed by atoms with Gasteiger partial charge in [-0.05, 0) is 23.6 Å². The molecular weight excluding hydrogens is 249 g/mol. The molecule has 0 spiro atoms. The van der Waals surface area contributed by atoms with Gasteiger partial charge < -0.3 is 9.84 Å². The van der Waals surface area contributed by atoms with Crippen molar-refractivity contribution in [2.45, 2.75) is 25.4 Å². The molecule has 0 saturated carbocycles. The van der Waals surface area contributed by atoms with Crippen molar-refractivity contribution in [2.75, 3.05) is 7.11 Å². The molecule has 1 rings (SSSR count). The van der Waals surface area contributed by atoms with Crippen molar-refractivity contribution < 1.29 is 27.8 Å². The zero-order valence-corrected chi connectivity index (χ0v) is 9.91. The Morgan fingerprint density at radius 1 is 1.44 bits per heavy atom. The molecule has 0 bridgehead atoms. The number of carbonyl (C=O) groups is 1. The summed E-state index contributed by atoms with van der Waals surface area (Å²) in [6, 6.07) is 3.42. The Hall–Kier alpha value is -1.72. The van der Waals surface area contributed by atoms with E-state index in [9.17, 15) is 18.0 Å². The van der Waals surface area contributed by atoms with Crippen LogP contribution in [0.3, 0.4) is 0 Å². The van der Waals surface area contributed by atoms with Gasteiger partial charge in [0.05, 0.1) is 19.1 Å². The van der Waals surface area contributed by atoms with E-state index in [1.54, 1.807) is 6.92 Å². The third kappa shape index (κ3) is 3.38. The summed E-state index contributed by atoms with van der Waals surface area (Å²) >= 11 is 0. The topological polar surface area (TPSA) is 46.5 Å². The first-order valence-corrected chi connectivity index (χ1v) is 5.22. The summed E-state index contributed by atoms with van der Waals surface area (Å²) in [4.78, 5) is 10.6. The predicted molar refractivity (Wildman–Crippen MR) is 58.7 cm³/mol. The number of methoxy groups -OCH3 is 1. The quantitative estimate of drug-likeness (QED) is 0.905. The Kier molecular flexibility index (Phi) is 4.21. The smallest absolute Gasteiger partial charge is 0.419 e. The maximum Gasteiger partial charge on any atom is 0.419 e. The predicted octanol–water partition coefficient (Wildman–Crippen LogP) is 3.29. The first-order chi connectivity index (χ1) is 8.25. The summed E-state index contributed by atoms with van der Waals surface area (Å²) < 4.78 is 42.5. The van der Waals surface area contributed by atoms with Gasteiger partial charge in [0, 0.05) is 0 Å². The van der Waals surface area contributed by atoms with Crippen LogP contribution >= 0.6 is 0 Å². The third-order valence-electron chi connectivity index (χ3n) is 2.58. The zero-order valence-electron chi connectivity index (χ0n) is 9.91. The highest BCUT2D eigenvalue weighted by Crippen LogP contribution is 2.37. The van der Waals surface area contributed by atoms with Gasteiger partial charge in [-0.15, -0.1) is 0 Å². The van der Waals surface area contributed by atoms with E-state index in [1.165, 1.54) is 12.1 Å². The minimum absolute atomic E-state index is 0.144. The lowest BCUT2D eigenvalue weighted by Crippen LogP contribution is -2.09. The fourth-order valence-corrected chi connectivity index (χ4v) is 1.63. The minimum atomic E-state index is -4.49. The summed E-state index contributed by atoms with van der Waals surface area (Å²) in [6.07, 6.45) is -4.63. The van der Waals surface area contributed by atoms with Crippen LogP contribution in [0.1, 0.15) is 30.4 Å². The van der Waals surface area contributed by atoms with Crippen LogP contribution in [0.4, 0.5) is 13.2 Å². The lowest BCUT2D eigenvalue weighted by atomic mass is 9.96. The number of hydrogen-bond acceptors (Lipinski definition) is 2. The molecule has 0 heterocycles. The van der Waals surface area contributed by atoms with Gasteiger partial charge >= 0.3 is 12.1 Å². The molecule has 6 heteroatoms. The number of alkyl halides is 3. The van der Waals surface area contributed by atoms with E-state index in [2.05, 4.69) is 0 Å². The molecule has 0 aliphatic heterocycles. The molecule has 0 saturated heterocycles. The van der Waals surface area contributed by atoms with E-state index < -0.39 is 17.7 Å². The van der Waals surface area contributed by atoms with Crippen LogP contribution in [-0.4, -0.2) is 18.2 Å². The van der Waals surface area contributed by atoms with E-state index in [-0.39, 0.29) is 18.1 Å². The van der Waals surface area contributed by atoms with Gasteiger partial charge in [0.2, 0.25) is 0 Å². The normalized spacial score (nSPS) is 13.2. The number of benzene rings is 1. The summed E-state index contributed by atoms with van der Waals surface area (Å²) in [5, 5.41) is 8.64. The standard InChI is InChI=1S/C12H13F3O3/c1-7(5-11(16)17)8-3-4-9(12(13,14)15)10(6-8)18-2/h3-4,6-7H,5H2,1-2H3,(H,16,17). The van der Waals surface area contributed by atoms with Crippen molar-refractivity contribution in [1.82, 2.24) is 0 Å². The molecule has 1 aromatic carbocycles. The van der Waals surface area contributed by atoms with Crippen LogP contribution in [-0.2, 0) is 11.0 Å². The number of rotatable bonds is 4. The fourth-order valence-electron chi connectivity index (χ4n) is 1.63. The first kappa shape index (κ1) is 14.3. The van der Waals surface area contributed by atoms with Crippen molar-refractivity contribution in [3.05, 3.63) is 29.3 Å². The molecule has 1 unspecified atom stereocenters.